The molecule has 0 amide bonds. The zero-order chi connectivity index (χ0) is 16.2. The number of benzene rings is 2. The Hall–Kier alpha value is -2.07. The van der Waals surface area contributed by atoms with E-state index in [4.69, 9.17) is 0 Å². The van der Waals surface area contributed by atoms with Crippen LogP contribution in [0.1, 0.15) is 35.6 Å². The molecule has 0 aliphatic heterocycles. The molecular weight excluding hydrogens is 306 g/mol. The summed E-state index contributed by atoms with van der Waals surface area (Å²) in [6.07, 6.45) is 2.14. The van der Waals surface area contributed by atoms with E-state index in [1.807, 2.05) is 50.2 Å². The van der Waals surface area contributed by atoms with Crippen LogP contribution in [-0.2, 0) is 10.0 Å². The molecule has 2 aromatic carbocycles. The van der Waals surface area contributed by atoms with Gasteiger partial charge in [0.15, 0.2) is 0 Å². The lowest BCUT2D eigenvalue weighted by Gasteiger charge is -2.12. The van der Waals surface area contributed by atoms with E-state index in [1.165, 1.54) is 0 Å². The van der Waals surface area contributed by atoms with Gasteiger partial charge in [0, 0.05) is 17.0 Å². The molecule has 3 aromatic rings. The number of hydrogen-bond donors (Lipinski definition) is 0. The maximum absolute atomic E-state index is 13.3. The summed E-state index contributed by atoms with van der Waals surface area (Å²) in [5.74, 6) is 0.364. The minimum Gasteiger partial charge on any atom is -0.237 e. The van der Waals surface area contributed by atoms with Crippen LogP contribution in [0.5, 0.6) is 0 Å². The number of aryl methyl sites for hydroxylation is 2. The molecule has 118 valence electrons. The van der Waals surface area contributed by atoms with Crippen molar-refractivity contribution in [2.24, 2.45) is 0 Å². The Labute approximate surface area is 136 Å². The van der Waals surface area contributed by atoms with Crippen molar-refractivity contribution in [1.29, 1.82) is 0 Å². The van der Waals surface area contributed by atoms with Crippen molar-refractivity contribution in [3.63, 3.8) is 0 Å². The minimum atomic E-state index is -3.58. The van der Waals surface area contributed by atoms with E-state index in [0.29, 0.717) is 10.8 Å². The zero-order valence-corrected chi connectivity index (χ0v) is 14.1. The second-order valence-corrected chi connectivity index (χ2v) is 8.17. The number of para-hydroxylation sites is 1. The van der Waals surface area contributed by atoms with Gasteiger partial charge in [0.05, 0.1) is 10.4 Å². The van der Waals surface area contributed by atoms with Gasteiger partial charge in [-0.1, -0.05) is 35.9 Å². The van der Waals surface area contributed by atoms with E-state index in [1.54, 1.807) is 16.1 Å². The largest absolute Gasteiger partial charge is 0.268 e. The summed E-state index contributed by atoms with van der Waals surface area (Å²) in [6.45, 7) is 4.00. The van der Waals surface area contributed by atoms with Gasteiger partial charge in [-0.25, -0.2) is 12.4 Å². The Kier molecular flexibility index (Phi) is 3.13. The third-order valence-corrected chi connectivity index (χ3v) is 6.40. The Morgan fingerprint density at radius 1 is 0.957 bits per heavy atom. The molecule has 0 atom stereocenters. The van der Waals surface area contributed by atoms with Crippen molar-refractivity contribution in [3.05, 3.63) is 65.4 Å². The van der Waals surface area contributed by atoms with Crippen molar-refractivity contribution >= 4 is 20.9 Å². The zero-order valence-electron chi connectivity index (χ0n) is 13.3. The second kappa shape index (κ2) is 4.96. The Morgan fingerprint density at radius 2 is 1.61 bits per heavy atom. The predicted molar refractivity (Wildman–Crippen MR) is 92.4 cm³/mol. The lowest BCUT2D eigenvalue weighted by Crippen LogP contribution is -2.15. The maximum Gasteiger partial charge on any atom is 0.268 e. The fourth-order valence-corrected chi connectivity index (χ4v) is 4.95. The van der Waals surface area contributed by atoms with Crippen molar-refractivity contribution in [2.45, 2.75) is 37.5 Å². The summed E-state index contributed by atoms with van der Waals surface area (Å²) in [5, 5.41) is 1.03. The van der Waals surface area contributed by atoms with Gasteiger partial charge in [-0.15, -0.1) is 0 Å². The molecule has 0 bridgehead atoms. The SMILES string of the molecule is Cc1ccc(S(=O)(=O)n2c(C3CC3)c(C)c3ccccc32)cc1. The van der Waals surface area contributed by atoms with Gasteiger partial charge in [-0.05, 0) is 50.5 Å². The van der Waals surface area contributed by atoms with Gasteiger partial charge >= 0.3 is 0 Å². The smallest absolute Gasteiger partial charge is 0.237 e. The van der Waals surface area contributed by atoms with Crippen LogP contribution >= 0.6 is 0 Å². The number of nitrogens with zero attached hydrogens (tertiary/aromatic N) is 1. The molecule has 4 heteroatoms. The summed E-state index contributed by atoms with van der Waals surface area (Å²) in [7, 11) is -3.58. The first-order valence-electron chi connectivity index (χ1n) is 7.92. The quantitative estimate of drug-likeness (QED) is 0.717. The van der Waals surface area contributed by atoms with Gasteiger partial charge in [0.2, 0.25) is 0 Å². The predicted octanol–water partition coefficient (Wildman–Crippen LogP) is 4.37. The number of hydrogen-bond acceptors (Lipinski definition) is 2. The molecule has 1 aliphatic carbocycles. The minimum absolute atomic E-state index is 0.353. The summed E-state index contributed by atoms with van der Waals surface area (Å²) in [5.41, 5.74) is 3.90. The molecule has 0 radical (unpaired) electrons. The van der Waals surface area contributed by atoms with Crippen molar-refractivity contribution in [1.82, 2.24) is 3.97 Å². The van der Waals surface area contributed by atoms with Crippen LogP contribution < -0.4 is 0 Å². The van der Waals surface area contributed by atoms with E-state index >= 15 is 0 Å². The van der Waals surface area contributed by atoms with Crippen LogP contribution in [0, 0.1) is 13.8 Å². The van der Waals surface area contributed by atoms with Gasteiger partial charge in [-0.3, -0.25) is 0 Å². The van der Waals surface area contributed by atoms with Gasteiger partial charge in [0.1, 0.15) is 0 Å². The summed E-state index contributed by atoms with van der Waals surface area (Å²) in [4.78, 5) is 0.353. The van der Waals surface area contributed by atoms with E-state index in [-0.39, 0.29) is 0 Å². The monoisotopic (exact) mass is 325 g/mol. The topological polar surface area (TPSA) is 39.1 Å². The normalized spacial score (nSPS) is 15.2. The molecule has 23 heavy (non-hydrogen) atoms. The highest BCUT2D eigenvalue weighted by molar-refractivity contribution is 7.90. The molecule has 1 aromatic heterocycles. The van der Waals surface area contributed by atoms with Crippen LogP contribution in [0.3, 0.4) is 0 Å². The molecule has 1 heterocycles. The molecule has 1 fully saturated rings. The van der Waals surface area contributed by atoms with Gasteiger partial charge in [-0.2, -0.15) is 0 Å². The second-order valence-electron chi connectivity index (χ2n) is 6.38. The van der Waals surface area contributed by atoms with Gasteiger partial charge < -0.3 is 0 Å². The molecule has 3 nitrogen and oxygen atoms in total. The molecule has 1 saturated carbocycles. The number of rotatable bonds is 3. The third kappa shape index (κ3) is 2.20. The highest BCUT2D eigenvalue weighted by atomic mass is 32.2. The molecule has 4 rings (SSSR count). The fourth-order valence-electron chi connectivity index (χ4n) is 3.29. The van der Waals surface area contributed by atoms with E-state index in [9.17, 15) is 8.42 Å². The van der Waals surface area contributed by atoms with Crippen LogP contribution in [0.4, 0.5) is 0 Å². The Balaban J connectivity index is 2.04. The number of aromatic nitrogens is 1. The molecule has 0 spiro atoms. The lowest BCUT2D eigenvalue weighted by molar-refractivity contribution is 0.586. The van der Waals surface area contributed by atoms with Crippen molar-refractivity contribution in [2.75, 3.05) is 0 Å². The number of fused-ring (bicyclic) bond motifs is 1. The molecule has 0 saturated heterocycles. The van der Waals surface area contributed by atoms with E-state index in [2.05, 4.69) is 0 Å². The molecule has 0 N–H and O–H groups in total. The van der Waals surface area contributed by atoms with Crippen LogP contribution in [0.2, 0.25) is 0 Å². The molecule has 0 unspecified atom stereocenters. The first-order valence-corrected chi connectivity index (χ1v) is 9.36. The first kappa shape index (κ1) is 14.5. The molecule has 1 aliphatic rings. The average Bonchev–Trinajstić information content (AvgIpc) is 3.32. The standard InChI is InChI=1S/C19H19NO2S/c1-13-7-11-16(12-8-13)23(21,22)20-18-6-4-3-5-17(18)14(2)19(20)15-9-10-15/h3-8,11-12,15H,9-10H2,1-2H3. The van der Waals surface area contributed by atoms with Crippen LogP contribution in [-0.4, -0.2) is 12.4 Å². The Bertz CT molecular complexity index is 994. The summed E-state index contributed by atoms with van der Waals surface area (Å²) in [6, 6.07) is 14.9. The Morgan fingerprint density at radius 3 is 2.26 bits per heavy atom. The van der Waals surface area contributed by atoms with Crippen molar-refractivity contribution in [3.8, 4) is 0 Å². The fraction of sp³-hybridized carbons (Fsp3) is 0.263. The van der Waals surface area contributed by atoms with Crippen LogP contribution in [0.25, 0.3) is 10.9 Å². The maximum atomic E-state index is 13.3. The van der Waals surface area contributed by atoms with Gasteiger partial charge in [0.25, 0.3) is 10.0 Å². The van der Waals surface area contributed by atoms with Crippen LogP contribution in [0.15, 0.2) is 53.4 Å². The van der Waals surface area contributed by atoms with E-state index in [0.717, 1.165) is 40.6 Å². The molecular formula is C19H19NO2S. The highest BCUT2D eigenvalue weighted by Crippen LogP contribution is 2.45. The average molecular weight is 325 g/mol. The first-order chi connectivity index (χ1) is 11.0. The lowest BCUT2D eigenvalue weighted by atomic mass is 10.1. The van der Waals surface area contributed by atoms with Crippen molar-refractivity contribution < 1.29 is 8.42 Å². The summed E-state index contributed by atoms with van der Waals surface area (Å²) >= 11 is 0. The third-order valence-electron chi connectivity index (χ3n) is 4.65. The highest BCUT2D eigenvalue weighted by Gasteiger charge is 2.34. The van der Waals surface area contributed by atoms with E-state index < -0.39 is 10.0 Å². The summed E-state index contributed by atoms with van der Waals surface area (Å²) < 4.78 is 28.2.